The molecule has 0 saturated carbocycles. The number of hydrogen-bond acceptors (Lipinski definition) is 5. The van der Waals surface area contributed by atoms with Crippen LogP contribution in [0.2, 0.25) is 0 Å². The molecule has 28 heavy (non-hydrogen) atoms. The Morgan fingerprint density at radius 3 is 2.46 bits per heavy atom. The number of nitrogens with one attached hydrogen (secondary N) is 1. The lowest BCUT2D eigenvalue weighted by Crippen LogP contribution is -2.36. The van der Waals surface area contributed by atoms with Crippen molar-refractivity contribution in [3.05, 3.63) is 71.5 Å². The molecule has 0 radical (unpaired) electrons. The summed E-state index contributed by atoms with van der Waals surface area (Å²) in [6.07, 6.45) is 2.43. The quantitative estimate of drug-likeness (QED) is 0.712. The van der Waals surface area contributed by atoms with Gasteiger partial charge in [0.2, 0.25) is 0 Å². The van der Waals surface area contributed by atoms with Crippen LogP contribution in [0.15, 0.2) is 59.1 Å². The summed E-state index contributed by atoms with van der Waals surface area (Å²) in [6.45, 7) is 4.52. The Labute approximate surface area is 164 Å². The molecule has 6 heteroatoms. The zero-order chi connectivity index (χ0) is 19.3. The third-order valence-corrected chi connectivity index (χ3v) is 5.14. The van der Waals surface area contributed by atoms with Gasteiger partial charge in [0.1, 0.15) is 0 Å². The molecule has 1 fully saturated rings. The summed E-state index contributed by atoms with van der Waals surface area (Å²) >= 11 is 0. The minimum absolute atomic E-state index is 0.0756. The van der Waals surface area contributed by atoms with E-state index in [2.05, 4.69) is 44.6 Å². The molecule has 3 aromatic rings. The molecular weight excluding hydrogens is 352 g/mol. The first-order valence-electron chi connectivity index (χ1n) is 9.68. The monoisotopic (exact) mass is 376 g/mol. The van der Waals surface area contributed by atoms with Gasteiger partial charge in [-0.25, -0.2) is 0 Å². The molecule has 1 saturated heterocycles. The van der Waals surface area contributed by atoms with Crippen LogP contribution in [0.4, 0.5) is 0 Å². The van der Waals surface area contributed by atoms with Gasteiger partial charge >= 0.3 is 0 Å². The number of likely N-dealkylation sites (tertiary alicyclic amines) is 1. The van der Waals surface area contributed by atoms with E-state index >= 15 is 0 Å². The van der Waals surface area contributed by atoms with Crippen molar-refractivity contribution in [1.29, 1.82) is 0 Å². The fraction of sp³-hybridized carbons (Fsp3) is 0.318. The lowest BCUT2D eigenvalue weighted by atomic mass is 10.1. The largest absolute Gasteiger partial charge is 0.350 e. The van der Waals surface area contributed by atoms with Crippen molar-refractivity contribution in [2.75, 3.05) is 19.6 Å². The summed E-state index contributed by atoms with van der Waals surface area (Å²) in [6, 6.07) is 17.8. The molecule has 2 aromatic carbocycles. The molecule has 4 rings (SSSR count). The van der Waals surface area contributed by atoms with Gasteiger partial charge in [-0.05, 0) is 62.7 Å². The smallest absolute Gasteiger partial charge is 0.257 e. The molecule has 0 spiro atoms. The van der Waals surface area contributed by atoms with Crippen LogP contribution in [0.3, 0.4) is 0 Å². The number of aryl methyl sites for hydroxylation is 1. The molecule has 0 aliphatic carbocycles. The van der Waals surface area contributed by atoms with E-state index in [0.717, 1.165) is 18.7 Å². The number of rotatable bonds is 6. The van der Waals surface area contributed by atoms with E-state index < -0.39 is 0 Å². The molecule has 1 aliphatic rings. The number of nitrogens with zero attached hydrogens (tertiary/aromatic N) is 3. The van der Waals surface area contributed by atoms with Crippen molar-refractivity contribution in [3.8, 4) is 11.5 Å². The standard InChI is InChI=1S/C22H24N4O2/c1-16-24-22(28-25-16)19-11-9-18(10-12-19)21(27)23-15-20(26-13-5-6-14-26)17-7-3-2-4-8-17/h2-4,7-12,20H,5-6,13-15H2,1H3,(H,23,27). The first-order chi connectivity index (χ1) is 13.7. The van der Waals surface area contributed by atoms with Crippen LogP contribution in [0.5, 0.6) is 0 Å². The average molecular weight is 376 g/mol. The zero-order valence-electron chi connectivity index (χ0n) is 16.0. The van der Waals surface area contributed by atoms with Gasteiger partial charge in [0.25, 0.3) is 11.8 Å². The highest BCUT2D eigenvalue weighted by atomic mass is 16.5. The normalized spacial score (nSPS) is 15.5. The third kappa shape index (κ3) is 4.12. The van der Waals surface area contributed by atoms with Gasteiger partial charge in [0.05, 0.1) is 6.04 Å². The van der Waals surface area contributed by atoms with Crippen molar-refractivity contribution in [2.24, 2.45) is 0 Å². The highest BCUT2D eigenvalue weighted by Gasteiger charge is 2.24. The first-order valence-corrected chi connectivity index (χ1v) is 9.68. The van der Waals surface area contributed by atoms with E-state index in [-0.39, 0.29) is 11.9 Å². The molecule has 1 aromatic heterocycles. The second-order valence-electron chi connectivity index (χ2n) is 7.10. The second kappa shape index (κ2) is 8.35. The number of hydrogen-bond donors (Lipinski definition) is 1. The maximum Gasteiger partial charge on any atom is 0.257 e. The number of carbonyl (C=O) groups is 1. The second-order valence-corrected chi connectivity index (χ2v) is 7.10. The number of amides is 1. The minimum atomic E-state index is -0.0756. The number of aromatic nitrogens is 2. The van der Waals surface area contributed by atoms with Crippen LogP contribution in [-0.4, -0.2) is 40.6 Å². The van der Waals surface area contributed by atoms with E-state index in [9.17, 15) is 4.79 Å². The summed E-state index contributed by atoms with van der Waals surface area (Å²) in [5.41, 5.74) is 2.66. The highest BCUT2D eigenvalue weighted by molar-refractivity contribution is 5.94. The Bertz CT molecular complexity index is 915. The zero-order valence-corrected chi connectivity index (χ0v) is 16.0. The van der Waals surface area contributed by atoms with Gasteiger partial charge in [0, 0.05) is 17.7 Å². The molecule has 1 unspecified atom stereocenters. The van der Waals surface area contributed by atoms with Crippen LogP contribution < -0.4 is 5.32 Å². The fourth-order valence-electron chi connectivity index (χ4n) is 3.66. The predicted molar refractivity (Wildman–Crippen MR) is 107 cm³/mol. The molecule has 2 heterocycles. The van der Waals surface area contributed by atoms with E-state index in [4.69, 9.17) is 4.52 Å². The molecule has 1 N–H and O–H groups in total. The molecule has 144 valence electrons. The van der Waals surface area contributed by atoms with Gasteiger partial charge in [-0.3, -0.25) is 9.69 Å². The van der Waals surface area contributed by atoms with Crippen LogP contribution in [0, 0.1) is 6.92 Å². The number of carbonyl (C=O) groups excluding carboxylic acids is 1. The molecule has 6 nitrogen and oxygen atoms in total. The molecular formula is C22H24N4O2. The average Bonchev–Trinajstić information content (AvgIpc) is 3.41. The van der Waals surface area contributed by atoms with Crippen LogP contribution in [-0.2, 0) is 0 Å². The fourth-order valence-corrected chi connectivity index (χ4v) is 3.66. The third-order valence-electron chi connectivity index (χ3n) is 5.14. The lowest BCUT2D eigenvalue weighted by Gasteiger charge is -2.28. The Morgan fingerprint density at radius 2 is 1.82 bits per heavy atom. The van der Waals surface area contributed by atoms with Gasteiger partial charge in [0.15, 0.2) is 5.82 Å². The van der Waals surface area contributed by atoms with Crippen molar-refractivity contribution in [2.45, 2.75) is 25.8 Å². The number of benzene rings is 2. The summed E-state index contributed by atoms with van der Waals surface area (Å²) in [4.78, 5) is 19.3. The van der Waals surface area contributed by atoms with E-state index in [1.807, 2.05) is 18.2 Å². The summed E-state index contributed by atoms with van der Waals surface area (Å²) in [5, 5.41) is 6.90. The van der Waals surface area contributed by atoms with Crippen LogP contribution >= 0.6 is 0 Å². The van der Waals surface area contributed by atoms with Crippen LogP contribution in [0.25, 0.3) is 11.5 Å². The summed E-state index contributed by atoms with van der Waals surface area (Å²) in [5.74, 6) is 0.974. The van der Waals surface area contributed by atoms with Crippen molar-refractivity contribution < 1.29 is 9.32 Å². The Kier molecular flexibility index (Phi) is 5.48. The minimum Gasteiger partial charge on any atom is -0.350 e. The Morgan fingerprint density at radius 1 is 1.11 bits per heavy atom. The van der Waals surface area contributed by atoms with Crippen molar-refractivity contribution in [3.63, 3.8) is 0 Å². The van der Waals surface area contributed by atoms with E-state index in [1.54, 1.807) is 19.1 Å². The van der Waals surface area contributed by atoms with Crippen molar-refractivity contribution in [1.82, 2.24) is 20.4 Å². The first kappa shape index (κ1) is 18.4. The van der Waals surface area contributed by atoms with Crippen LogP contribution in [0.1, 0.15) is 40.6 Å². The molecule has 1 aliphatic heterocycles. The van der Waals surface area contributed by atoms with Gasteiger partial charge in [-0.2, -0.15) is 4.98 Å². The maximum atomic E-state index is 12.7. The lowest BCUT2D eigenvalue weighted by molar-refractivity contribution is 0.0938. The van der Waals surface area contributed by atoms with E-state index in [1.165, 1.54) is 18.4 Å². The van der Waals surface area contributed by atoms with Gasteiger partial charge < -0.3 is 9.84 Å². The summed E-state index contributed by atoms with van der Waals surface area (Å²) < 4.78 is 5.17. The summed E-state index contributed by atoms with van der Waals surface area (Å²) in [7, 11) is 0. The highest BCUT2D eigenvalue weighted by Crippen LogP contribution is 2.24. The Balaban J connectivity index is 1.43. The predicted octanol–water partition coefficient (Wildman–Crippen LogP) is 3.61. The van der Waals surface area contributed by atoms with Crippen molar-refractivity contribution >= 4 is 5.91 Å². The van der Waals surface area contributed by atoms with E-state index in [0.29, 0.717) is 23.8 Å². The maximum absolute atomic E-state index is 12.7. The SMILES string of the molecule is Cc1noc(-c2ccc(C(=O)NCC(c3ccccc3)N3CCCC3)cc2)n1. The Hall–Kier alpha value is -2.99. The van der Waals surface area contributed by atoms with Gasteiger partial charge in [-0.1, -0.05) is 35.5 Å². The molecule has 1 amide bonds. The topological polar surface area (TPSA) is 71.3 Å². The molecule has 0 bridgehead atoms. The van der Waals surface area contributed by atoms with Gasteiger partial charge in [-0.15, -0.1) is 0 Å². The molecule has 1 atom stereocenters.